The Morgan fingerprint density at radius 1 is 1.00 bits per heavy atom. The van der Waals surface area contributed by atoms with E-state index in [1.54, 1.807) is 12.1 Å². The molecule has 11 heteroatoms. The number of carbonyl (C=O) groups excluding carboxylic acids is 1. The van der Waals surface area contributed by atoms with E-state index in [9.17, 15) is 31.1 Å². The fourth-order valence-electron chi connectivity index (χ4n) is 2.18. The van der Waals surface area contributed by atoms with Crippen LogP contribution < -0.4 is 19.5 Å². The van der Waals surface area contributed by atoms with Gasteiger partial charge in [0.25, 0.3) is 5.91 Å². The van der Waals surface area contributed by atoms with Crippen LogP contribution in [0.4, 0.5) is 32.0 Å². The molecule has 1 atom stereocenters. The van der Waals surface area contributed by atoms with Crippen LogP contribution in [-0.2, 0) is 0 Å². The van der Waals surface area contributed by atoms with Gasteiger partial charge < -0.3 is 19.5 Å². The Kier molecular flexibility index (Phi) is 5.01. The minimum absolute atomic E-state index is 0.0306. The highest BCUT2D eigenvalue weighted by molar-refractivity contribution is 6.04. The Morgan fingerprint density at radius 3 is 2.29 bits per heavy atom. The molecule has 0 unspecified atom stereocenters. The van der Waals surface area contributed by atoms with Gasteiger partial charge in [-0.15, -0.1) is 0 Å². The van der Waals surface area contributed by atoms with Gasteiger partial charge in [-0.2, -0.15) is 26.3 Å². The average Bonchev–Trinajstić information content (AvgIpc) is 3.09. The van der Waals surface area contributed by atoms with E-state index in [-0.39, 0.29) is 12.4 Å². The third kappa shape index (κ3) is 3.92. The van der Waals surface area contributed by atoms with E-state index in [4.69, 9.17) is 9.47 Å². The molecule has 1 N–H and O–H groups in total. The normalized spacial score (nSPS) is 14.5. The first-order chi connectivity index (χ1) is 13.1. The highest BCUT2D eigenvalue weighted by Crippen LogP contribution is 2.40. The van der Waals surface area contributed by atoms with Crippen molar-refractivity contribution in [3.63, 3.8) is 0 Å². The predicted molar refractivity (Wildman–Crippen MR) is 83.5 cm³/mol. The third-order valence-corrected chi connectivity index (χ3v) is 3.65. The molecule has 0 aromatic heterocycles. The number of fused-ring (bicyclic) bond motifs is 1. The summed E-state index contributed by atoms with van der Waals surface area (Å²) in [7, 11) is 0. The summed E-state index contributed by atoms with van der Waals surface area (Å²) < 4.78 is 89.5. The zero-order valence-corrected chi connectivity index (χ0v) is 13.7. The van der Waals surface area contributed by atoms with E-state index in [1.807, 2.05) is 0 Å². The van der Waals surface area contributed by atoms with Gasteiger partial charge in [0.15, 0.2) is 11.5 Å². The van der Waals surface area contributed by atoms with Gasteiger partial charge in [-0.3, -0.25) is 4.79 Å². The van der Waals surface area contributed by atoms with Gasteiger partial charge in [0.1, 0.15) is 5.75 Å². The van der Waals surface area contributed by atoms with Crippen LogP contribution in [0.2, 0.25) is 0 Å². The smallest absolute Gasteiger partial charge is 0.454 e. The van der Waals surface area contributed by atoms with E-state index < -0.39 is 30.1 Å². The quantitative estimate of drug-likeness (QED) is 0.740. The van der Waals surface area contributed by atoms with Crippen LogP contribution in [0, 0.1) is 0 Å². The van der Waals surface area contributed by atoms with Crippen LogP contribution in [-0.4, -0.2) is 31.2 Å². The lowest BCUT2D eigenvalue weighted by Crippen LogP contribution is -2.47. The average molecular weight is 407 g/mol. The molecule has 1 amide bonds. The third-order valence-electron chi connectivity index (χ3n) is 3.65. The molecule has 28 heavy (non-hydrogen) atoms. The Balaban J connectivity index is 1.64. The molecule has 0 fully saturated rings. The number of amides is 1. The Bertz CT molecular complexity index is 869. The summed E-state index contributed by atoms with van der Waals surface area (Å²) in [6.07, 6.45) is -10.0. The molecule has 1 aliphatic rings. The van der Waals surface area contributed by atoms with E-state index in [0.29, 0.717) is 17.2 Å². The molecule has 0 radical (unpaired) electrons. The second kappa shape index (κ2) is 7.13. The Hall–Kier alpha value is -3.11. The van der Waals surface area contributed by atoms with Crippen LogP contribution in [0.5, 0.6) is 17.2 Å². The number of hydrogen-bond acceptors (Lipinski definition) is 4. The van der Waals surface area contributed by atoms with Gasteiger partial charge in [-0.1, -0.05) is 0 Å². The maximum absolute atomic E-state index is 13.2. The van der Waals surface area contributed by atoms with Crippen molar-refractivity contribution in [1.82, 2.24) is 0 Å². The minimum Gasteiger partial charge on any atom is -0.454 e. The summed E-state index contributed by atoms with van der Waals surface area (Å²) >= 11 is 0. The lowest BCUT2D eigenvalue weighted by Gasteiger charge is -2.23. The molecular formula is C17H11F6NO4. The summed E-state index contributed by atoms with van der Waals surface area (Å²) in [5.41, 5.74) is 0.409. The van der Waals surface area contributed by atoms with Crippen LogP contribution in [0.15, 0.2) is 42.5 Å². The first-order valence-electron chi connectivity index (χ1n) is 7.64. The minimum atomic E-state index is -6.10. The maximum Gasteiger partial charge on any atom is 0.460 e. The molecule has 0 spiro atoms. The van der Waals surface area contributed by atoms with E-state index in [0.717, 1.165) is 24.3 Å². The van der Waals surface area contributed by atoms with Crippen molar-refractivity contribution < 1.29 is 45.3 Å². The topological polar surface area (TPSA) is 56.8 Å². The molecule has 150 valence electrons. The van der Waals surface area contributed by atoms with Crippen LogP contribution in [0.3, 0.4) is 0 Å². The summed E-state index contributed by atoms with van der Waals surface area (Å²) in [5, 5.41) is 2.53. The second-order valence-electron chi connectivity index (χ2n) is 5.60. The Labute approximate surface area is 153 Å². The molecule has 0 saturated carbocycles. The second-order valence-corrected chi connectivity index (χ2v) is 5.60. The highest BCUT2D eigenvalue weighted by Gasteiger charge is 2.65. The maximum atomic E-state index is 13.2. The highest BCUT2D eigenvalue weighted by atomic mass is 19.4. The van der Waals surface area contributed by atoms with Gasteiger partial charge >= 0.3 is 18.5 Å². The number of halogens is 6. The van der Waals surface area contributed by atoms with Crippen molar-refractivity contribution in [1.29, 1.82) is 0 Å². The molecular weight excluding hydrogens is 396 g/mol. The van der Waals surface area contributed by atoms with Crippen molar-refractivity contribution in [2.45, 2.75) is 18.5 Å². The van der Waals surface area contributed by atoms with Gasteiger partial charge in [0.2, 0.25) is 6.79 Å². The van der Waals surface area contributed by atoms with Crippen molar-refractivity contribution in [3.05, 3.63) is 48.0 Å². The number of ether oxygens (including phenoxy) is 3. The van der Waals surface area contributed by atoms with Crippen molar-refractivity contribution in [2.24, 2.45) is 0 Å². The lowest BCUT2D eigenvalue weighted by molar-refractivity contribution is -0.328. The van der Waals surface area contributed by atoms with E-state index >= 15 is 0 Å². The predicted octanol–water partition coefficient (Wildman–Crippen LogP) is 4.54. The summed E-state index contributed by atoms with van der Waals surface area (Å²) in [4.78, 5) is 12.2. The van der Waals surface area contributed by atoms with E-state index in [1.165, 1.54) is 6.07 Å². The number of benzene rings is 2. The summed E-state index contributed by atoms with van der Waals surface area (Å²) in [6.45, 7) is 0.0527. The number of nitrogens with one attached hydrogen (secondary N) is 1. The summed E-state index contributed by atoms with van der Waals surface area (Å²) in [5.74, 6) is -5.95. The van der Waals surface area contributed by atoms with Crippen molar-refractivity contribution in [3.8, 4) is 17.2 Å². The molecule has 1 aliphatic heterocycles. The monoisotopic (exact) mass is 407 g/mol. The molecule has 0 aliphatic carbocycles. The zero-order valence-electron chi connectivity index (χ0n) is 13.7. The van der Waals surface area contributed by atoms with Crippen molar-refractivity contribution in [2.75, 3.05) is 12.1 Å². The number of carbonyl (C=O) groups is 1. The zero-order chi connectivity index (χ0) is 20.5. The van der Waals surface area contributed by atoms with Gasteiger partial charge in [0.05, 0.1) is 0 Å². The molecule has 2 aromatic rings. The van der Waals surface area contributed by atoms with Crippen LogP contribution in [0.1, 0.15) is 10.4 Å². The Morgan fingerprint density at radius 2 is 1.64 bits per heavy atom. The molecule has 3 rings (SSSR count). The fourth-order valence-corrected chi connectivity index (χ4v) is 2.18. The molecule has 5 nitrogen and oxygen atoms in total. The molecule has 1 heterocycles. The number of anilines is 1. The number of alkyl halides is 6. The first-order valence-corrected chi connectivity index (χ1v) is 7.64. The standard InChI is InChI=1S/C17H11F6NO4/c18-15(16(19,20)17(21,22)23)28-11-4-1-9(2-5-11)14(25)24-10-3-6-12-13(7-10)27-8-26-12/h1-7,15H,8H2,(H,24,25)/t15-/m1/s1. The lowest BCUT2D eigenvalue weighted by atomic mass is 10.2. The van der Waals surface area contributed by atoms with Crippen LogP contribution in [0.25, 0.3) is 0 Å². The number of hydrogen-bond donors (Lipinski definition) is 1. The van der Waals surface area contributed by atoms with E-state index in [2.05, 4.69) is 10.1 Å². The van der Waals surface area contributed by atoms with Gasteiger partial charge in [0, 0.05) is 17.3 Å². The van der Waals surface area contributed by atoms with Crippen LogP contribution >= 0.6 is 0 Å². The first kappa shape index (κ1) is 19.6. The SMILES string of the molecule is O=C(Nc1ccc2c(c1)OCO2)c1ccc(O[C@@H](F)C(F)(F)C(F)(F)F)cc1. The van der Waals surface area contributed by atoms with Crippen molar-refractivity contribution >= 4 is 11.6 Å². The fraction of sp³-hybridized carbons (Fsp3) is 0.235. The van der Waals surface area contributed by atoms with Gasteiger partial charge in [-0.25, -0.2) is 0 Å². The largest absolute Gasteiger partial charge is 0.460 e. The molecule has 0 bridgehead atoms. The summed E-state index contributed by atoms with van der Waals surface area (Å²) in [6, 6.07) is 8.60. The molecule has 2 aromatic carbocycles. The molecule has 0 saturated heterocycles. The number of rotatable bonds is 5. The van der Waals surface area contributed by atoms with Gasteiger partial charge in [-0.05, 0) is 36.4 Å².